The Labute approximate surface area is 172 Å². The average molecular weight is 423 g/mol. The molecule has 0 saturated heterocycles. The minimum Gasteiger partial charge on any atom is -0.462 e. The van der Waals surface area contributed by atoms with Gasteiger partial charge in [0.2, 0.25) is 5.91 Å². The molecule has 0 aliphatic heterocycles. The molecule has 0 radical (unpaired) electrons. The zero-order valence-electron chi connectivity index (χ0n) is 16.8. The molecule has 1 aromatic carbocycles. The zero-order chi connectivity index (χ0) is 20.9. The third-order valence-electron chi connectivity index (χ3n) is 3.65. The van der Waals surface area contributed by atoms with Crippen LogP contribution in [-0.4, -0.2) is 34.1 Å². The Balaban J connectivity index is 2.02. The van der Waals surface area contributed by atoms with Gasteiger partial charge in [0.25, 0.3) is 0 Å². The first kappa shape index (κ1) is 22.1. The molecule has 6 nitrogen and oxygen atoms in total. The molecule has 0 aliphatic rings. The molecule has 0 spiro atoms. The van der Waals surface area contributed by atoms with E-state index in [4.69, 9.17) is 8.92 Å². The van der Waals surface area contributed by atoms with Gasteiger partial charge in [-0.15, -0.1) is 0 Å². The second-order valence-corrected chi connectivity index (χ2v) is 10.1. The van der Waals surface area contributed by atoms with Crippen molar-refractivity contribution in [2.24, 2.45) is 0 Å². The van der Waals surface area contributed by atoms with Gasteiger partial charge < -0.3 is 14.2 Å². The van der Waals surface area contributed by atoms with Crippen LogP contribution < -0.4 is 9.50 Å². The van der Waals surface area contributed by atoms with Gasteiger partial charge in [-0.3, -0.25) is 4.79 Å². The van der Waals surface area contributed by atoms with Crippen molar-refractivity contribution in [3.05, 3.63) is 40.4 Å². The Kier molecular flexibility index (Phi) is 7.37. The molecule has 0 bridgehead atoms. The number of nitrogens with zero attached hydrogens (tertiary/aromatic N) is 1. The molecule has 1 amide bonds. The van der Waals surface area contributed by atoms with E-state index in [-0.39, 0.29) is 17.1 Å². The highest BCUT2D eigenvalue weighted by molar-refractivity contribution is 8.11. The van der Waals surface area contributed by atoms with Gasteiger partial charge in [-0.25, -0.2) is 9.78 Å². The fourth-order valence-corrected chi connectivity index (χ4v) is 3.60. The van der Waals surface area contributed by atoms with Gasteiger partial charge >= 0.3 is 5.97 Å². The standard InChI is InChI=1S/C20H26N2O4S2/c1-7-25-18(24)17-13(2)21-19(27-17)22-16(23)12-14-9-8-10-15(11-14)26-28(6)20(3,4)5/h8-11H,6-7,12H2,1-5H3,(H,21,22,23). The number of aromatic nitrogens is 1. The summed E-state index contributed by atoms with van der Waals surface area (Å²) in [7, 11) is -0.500. The van der Waals surface area contributed by atoms with Crippen LogP contribution in [0, 0.1) is 6.92 Å². The summed E-state index contributed by atoms with van der Waals surface area (Å²) >= 11 is 1.11. The molecule has 0 saturated carbocycles. The largest absolute Gasteiger partial charge is 0.462 e. The van der Waals surface area contributed by atoms with Crippen LogP contribution in [-0.2, 0) is 16.0 Å². The van der Waals surface area contributed by atoms with E-state index in [1.807, 2.05) is 24.3 Å². The van der Waals surface area contributed by atoms with Crippen LogP contribution in [0.5, 0.6) is 5.75 Å². The molecule has 1 N–H and O–H groups in total. The quantitative estimate of drug-likeness (QED) is 0.521. The summed E-state index contributed by atoms with van der Waals surface area (Å²) in [5.74, 6) is 4.12. The highest BCUT2D eigenvalue weighted by Gasteiger charge is 2.18. The first-order valence-corrected chi connectivity index (χ1v) is 11.0. The Hall–Kier alpha value is -2.19. The molecule has 2 rings (SSSR count). The number of amides is 1. The monoisotopic (exact) mass is 422 g/mol. The van der Waals surface area contributed by atoms with Crippen molar-refractivity contribution in [1.82, 2.24) is 4.98 Å². The van der Waals surface area contributed by atoms with Crippen molar-refractivity contribution in [2.75, 3.05) is 11.9 Å². The number of benzene rings is 1. The van der Waals surface area contributed by atoms with Crippen molar-refractivity contribution < 1.29 is 18.5 Å². The predicted octanol–water partition coefficient (Wildman–Crippen LogP) is 4.60. The molecule has 1 aromatic heterocycles. The Morgan fingerprint density at radius 2 is 2.04 bits per heavy atom. The van der Waals surface area contributed by atoms with Gasteiger partial charge in [-0.1, -0.05) is 23.5 Å². The molecule has 1 heterocycles. The molecule has 0 aliphatic carbocycles. The smallest absolute Gasteiger partial charge is 0.350 e. The van der Waals surface area contributed by atoms with Gasteiger partial charge in [0.1, 0.15) is 10.6 Å². The minimum atomic E-state index is -0.500. The van der Waals surface area contributed by atoms with Crippen LogP contribution in [0.15, 0.2) is 24.3 Å². The molecule has 8 heteroatoms. The molecule has 2 aromatic rings. The minimum absolute atomic E-state index is 0.0628. The van der Waals surface area contributed by atoms with Crippen LogP contribution in [0.3, 0.4) is 0 Å². The van der Waals surface area contributed by atoms with E-state index >= 15 is 0 Å². The number of ether oxygens (including phenoxy) is 1. The number of carbonyl (C=O) groups is 2. The lowest BCUT2D eigenvalue weighted by atomic mass is 10.1. The van der Waals surface area contributed by atoms with Crippen LogP contribution in [0.25, 0.3) is 0 Å². The Morgan fingerprint density at radius 1 is 1.32 bits per heavy atom. The maximum Gasteiger partial charge on any atom is 0.350 e. The highest BCUT2D eigenvalue weighted by Crippen LogP contribution is 2.33. The molecule has 152 valence electrons. The first-order chi connectivity index (χ1) is 13.1. The second-order valence-electron chi connectivity index (χ2n) is 7.07. The van der Waals surface area contributed by atoms with Crippen LogP contribution in [0.2, 0.25) is 0 Å². The number of carbonyl (C=O) groups excluding carboxylic acids is 2. The highest BCUT2D eigenvalue weighted by atomic mass is 32.2. The van der Waals surface area contributed by atoms with Crippen molar-refractivity contribution in [2.45, 2.75) is 45.8 Å². The molecule has 1 atom stereocenters. The number of thiazole rings is 1. The van der Waals surface area contributed by atoms with Gasteiger partial charge in [-0.05, 0) is 69.0 Å². The van der Waals surface area contributed by atoms with Crippen molar-refractivity contribution >= 4 is 45.0 Å². The summed E-state index contributed by atoms with van der Waals surface area (Å²) in [4.78, 5) is 28.9. The predicted molar refractivity (Wildman–Crippen MR) is 117 cm³/mol. The van der Waals surface area contributed by atoms with Gasteiger partial charge in [0.05, 0.1) is 18.7 Å². The summed E-state index contributed by atoms with van der Waals surface area (Å²) in [5, 5.41) is 3.12. The lowest BCUT2D eigenvalue weighted by Crippen LogP contribution is -2.15. The number of nitrogens with one attached hydrogen (secondary N) is 1. The van der Waals surface area contributed by atoms with E-state index in [9.17, 15) is 9.59 Å². The Morgan fingerprint density at radius 3 is 2.68 bits per heavy atom. The fourth-order valence-electron chi connectivity index (χ4n) is 2.13. The van der Waals surface area contributed by atoms with E-state index in [0.717, 1.165) is 16.9 Å². The van der Waals surface area contributed by atoms with Crippen LogP contribution in [0.1, 0.15) is 48.6 Å². The number of esters is 1. The van der Waals surface area contributed by atoms with Crippen molar-refractivity contribution in [3.63, 3.8) is 0 Å². The molecule has 0 fully saturated rings. The van der Waals surface area contributed by atoms with Gasteiger partial charge in [0.15, 0.2) is 5.13 Å². The first-order valence-electron chi connectivity index (χ1n) is 8.86. The number of hydrogen-bond acceptors (Lipinski definition) is 6. The van der Waals surface area contributed by atoms with Crippen LogP contribution in [0.4, 0.5) is 5.13 Å². The van der Waals surface area contributed by atoms with E-state index in [0.29, 0.717) is 28.1 Å². The molecular weight excluding hydrogens is 396 g/mol. The summed E-state index contributed by atoms with van der Waals surface area (Å²) in [6.45, 7) is 9.96. The summed E-state index contributed by atoms with van der Waals surface area (Å²) in [6.07, 6.45) is 0.172. The summed E-state index contributed by atoms with van der Waals surface area (Å²) in [5.41, 5.74) is 1.36. The topological polar surface area (TPSA) is 77.5 Å². The third-order valence-corrected chi connectivity index (χ3v) is 6.46. The normalized spacial score (nSPS) is 12.3. The van der Waals surface area contributed by atoms with Crippen LogP contribution >= 0.6 is 22.1 Å². The summed E-state index contributed by atoms with van der Waals surface area (Å²) in [6, 6.07) is 7.41. The second kappa shape index (κ2) is 9.34. The lowest BCUT2D eigenvalue weighted by molar-refractivity contribution is -0.115. The SMILES string of the molecule is C=S(Oc1cccc(CC(=O)Nc2nc(C)c(C(=O)OCC)s2)c1)C(C)(C)C. The number of aryl methyl sites for hydroxylation is 1. The Bertz CT molecular complexity index is 885. The molecular formula is C20H26N2O4S2. The van der Waals surface area contributed by atoms with E-state index in [2.05, 4.69) is 36.9 Å². The third kappa shape index (κ3) is 6.17. The van der Waals surface area contributed by atoms with Crippen molar-refractivity contribution in [1.29, 1.82) is 0 Å². The maximum absolute atomic E-state index is 12.4. The van der Waals surface area contributed by atoms with Gasteiger partial charge in [-0.2, -0.15) is 0 Å². The maximum atomic E-state index is 12.4. The number of rotatable bonds is 7. The number of anilines is 1. The lowest BCUT2D eigenvalue weighted by Gasteiger charge is -2.23. The van der Waals surface area contributed by atoms with E-state index in [1.165, 1.54) is 0 Å². The average Bonchev–Trinajstić information content (AvgIpc) is 2.94. The van der Waals surface area contributed by atoms with Gasteiger partial charge in [0, 0.05) is 4.75 Å². The van der Waals surface area contributed by atoms with Crippen molar-refractivity contribution in [3.8, 4) is 5.75 Å². The van der Waals surface area contributed by atoms with E-state index in [1.54, 1.807) is 13.8 Å². The number of hydrogen-bond donors (Lipinski definition) is 1. The van der Waals surface area contributed by atoms with E-state index < -0.39 is 16.7 Å². The zero-order valence-corrected chi connectivity index (χ0v) is 18.5. The molecule has 28 heavy (non-hydrogen) atoms. The fraction of sp³-hybridized carbons (Fsp3) is 0.400. The molecule has 1 unspecified atom stereocenters. The summed E-state index contributed by atoms with van der Waals surface area (Å²) < 4.78 is 10.8.